The van der Waals surface area contributed by atoms with Gasteiger partial charge in [0.05, 0.1) is 6.61 Å². The predicted octanol–water partition coefficient (Wildman–Crippen LogP) is 3.48. The summed E-state index contributed by atoms with van der Waals surface area (Å²) in [5.74, 6) is 0. The number of hydroxylamine groups is 2. The largest absolute Gasteiger partial charge is 0.295 e. The van der Waals surface area contributed by atoms with E-state index in [0.717, 1.165) is 17.6 Å². The number of hydrogen-bond donors (Lipinski definition) is 1. The van der Waals surface area contributed by atoms with Gasteiger partial charge >= 0.3 is 0 Å². The molecule has 20 heavy (non-hydrogen) atoms. The number of halogens is 1. The molecule has 1 N–H and O–H groups in total. The van der Waals surface area contributed by atoms with Gasteiger partial charge in [-0.15, -0.1) is 0 Å². The molecule has 0 bridgehead atoms. The Morgan fingerprint density at radius 3 is 2.80 bits per heavy atom. The minimum atomic E-state index is 0.121. The van der Waals surface area contributed by atoms with Crippen LogP contribution in [0.25, 0.3) is 0 Å². The molecule has 0 amide bonds. The average Bonchev–Trinajstić information content (AvgIpc) is 2.95. The van der Waals surface area contributed by atoms with E-state index < -0.39 is 0 Å². The summed E-state index contributed by atoms with van der Waals surface area (Å²) in [5, 5.41) is 5.49. The molecule has 1 atom stereocenters. The number of nitrogens with zero attached hydrogens (tertiary/aromatic N) is 1. The zero-order valence-electron chi connectivity index (χ0n) is 11.1. The Balaban J connectivity index is 1.67. The second-order valence-corrected chi connectivity index (χ2v) is 5.73. The lowest BCUT2D eigenvalue weighted by Crippen LogP contribution is -2.27. The number of benzene rings is 2. The van der Waals surface area contributed by atoms with Crippen molar-refractivity contribution in [1.82, 2.24) is 10.4 Å². The summed E-state index contributed by atoms with van der Waals surface area (Å²) >= 11 is 3.52. The summed E-state index contributed by atoms with van der Waals surface area (Å²) in [5.41, 5.74) is 2.40. The third kappa shape index (κ3) is 3.27. The Morgan fingerprint density at radius 1 is 1.15 bits per heavy atom. The third-order valence-electron chi connectivity index (χ3n) is 3.36. The van der Waals surface area contributed by atoms with Crippen molar-refractivity contribution in [3.8, 4) is 0 Å². The molecule has 1 saturated heterocycles. The molecule has 3 rings (SSSR count). The summed E-state index contributed by atoms with van der Waals surface area (Å²) in [4.78, 5) is 5.95. The highest BCUT2D eigenvalue weighted by atomic mass is 79.9. The van der Waals surface area contributed by atoms with Crippen LogP contribution in [0.3, 0.4) is 0 Å². The molecular formula is C16H17BrN2O. The van der Waals surface area contributed by atoms with Gasteiger partial charge in [0.2, 0.25) is 0 Å². The lowest BCUT2D eigenvalue weighted by atomic mass is 10.2. The lowest BCUT2D eigenvalue weighted by Gasteiger charge is -2.23. The second kappa shape index (κ2) is 6.50. The van der Waals surface area contributed by atoms with Crippen molar-refractivity contribution in [2.24, 2.45) is 0 Å². The first-order chi connectivity index (χ1) is 9.83. The fourth-order valence-electron chi connectivity index (χ4n) is 2.37. The fraction of sp³-hybridized carbons (Fsp3) is 0.250. The van der Waals surface area contributed by atoms with Crippen LogP contribution in [0.1, 0.15) is 17.3 Å². The van der Waals surface area contributed by atoms with Crippen LogP contribution >= 0.6 is 15.9 Å². The molecule has 1 aliphatic rings. The molecule has 1 unspecified atom stereocenters. The minimum Gasteiger partial charge on any atom is -0.295 e. The van der Waals surface area contributed by atoms with E-state index in [1.165, 1.54) is 11.1 Å². The molecule has 1 fully saturated rings. The quantitative estimate of drug-likeness (QED) is 0.927. The maximum atomic E-state index is 5.95. The monoisotopic (exact) mass is 332 g/mol. The summed E-state index contributed by atoms with van der Waals surface area (Å²) in [7, 11) is 0. The molecule has 2 aromatic carbocycles. The highest BCUT2D eigenvalue weighted by Gasteiger charge is 2.26. The molecule has 0 spiro atoms. The van der Waals surface area contributed by atoms with Gasteiger partial charge in [-0.25, -0.2) is 0 Å². The van der Waals surface area contributed by atoms with Gasteiger partial charge < -0.3 is 0 Å². The van der Waals surface area contributed by atoms with Crippen LogP contribution in [-0.2, 0) is 11.4 Å². The normalized spacial score (nSPS) is 19.4. The van der Waals surface area contributed by atoms with Crippen LogP contribution in [0, 0.1) is 0 Å². The van der Waals surface area contributed by atoms with Crippen molar-refractivity contribution < 1.29 is 4.84 Å². The van der Waals surface area contributed by atoms with Crippen molar-refractivity contribution in [1.29, 1.82) is 0 Å². The van der Waals surface area contributed by atoms with Crippen molar-refractivity contribution >= 4 is 15.9 Å². The average molecular weight is 333 g/mol. The topological polar surface area (TPSA) is 24.5 Å². The smallest absolute Gasteiger partial charge is 0.110 e. The van der Waals surface area contributed by atoms with Gasteiger partial charge in [0.25, 0.3) is 0 Å². The maximum Gasteiger partial charge on any atom is 0.110 e. The van der Waals surface area contributed by atoms with E-state index >= 15 is 0 Å². The van der Waals surface area contributed by atoms with Gasteiger partial charge in [0.1, 0.15) is 6.17 Å². The molecule has 1 heterocycles. The van der Waals surface area contributed by atoms with Gasteiger partial charge in [0.15, 0.2) is 0 Å². The molecule has 4 heteroatoms. The van der Waals surface area contributed by atoms with E-state index in [1.54, 1.807) is 0 Å². The van der Waals surface area contributed by atoms with E-state index in [-0.39, 0.29) is 6.17 Å². The van der Waals surface area contributed by atoms with E-state index in [9.17, 15) is 0 Å². The zero-order valence-corrected chi connectivity index (χ0v) is 12.7. The molecule has 0 aromatic heterocycles. The Bertz CT molecular complexity index is 561. The zero-order chi connectivity index (χ0) is 13.8. The summed E-state index contributed by atoms with van der Waals surface area (Å²) < 4.78 is 1.09. The van der Waals surface area contributed by atoms with Gasteiger partial charge in [-0.3, -0.25) is 10.2 Å². The van der Waals surface area contributed by atoms with Gasteiger partial charge in [0, 0.05) is 17.6 Å². The Morgan fingerprint density at radius 2 is 2.00 bits per heavy atom. The van der Waals surface area contributed by atoms with Gasteiger partial charge in [-0.2, -0.15) is 5.06 Å². The van der Waals surface area contributed by atoms with Crippen LogP contribution in [0.4, 0.5) is 0 Å². The standard InChI is InChI=1S/C16H17BrN2O/c17-15-8-4-7-14(11-15)16-18-9-10-19(16)20-12-13-5-2-1-3-6-13/h1-8,11,16,18H,9-10,12H2. The first-order valence-electron chi connectivity index (χ1n) is 6.75. The molecule has 3 nitrogen and oxygen atoms in total. The van der Waals surface area contributed by atoms with Crippen molar-refractivity contribution in [2.45, 2.75) is 12.8 Å². The van der Waals surface area contributed by atoms with Gasteiger partial charge in [-0.05, 0) is 23.3 Å². The van der Waals surface area contributed by atoms with Crippen LogP contribution in [-0.4, -0.2) is 18.2 Å². The van der Waals surface area contributed by atoms with Crippen molar-refractivity contribution in [3.05, 3.63) is 70.2 Å². The number of rotatable bonds is 4. The van der Waals surface area contributed by atoms with Crippen molar-refractivity contribution in [2.75, 3.05) is 13.1 Å². The molecule has 0 aliphatic carbocycles. The Labute approximate surface area is 127 Å². The fourth-order valence-corrected chi connectivity index (χ4v) is 2.79. The summed E-state index contributed by atoms with van der Waals surface area (Å²) in [6.45, 7) is 2.43. The molecule has 2 aromatic rings. The highest BCUT2D eigenvalue weighted by molar-refractivity contribution is 9.10. The SMILES string of the molecule is Brc1cccc(C2NCCN2OCc2ccccc2)c1. The first kappa shape index (κ1) is 13.8. The van der Waals surface area contributed by atoms with Gasteiger partial charge in [-0.1, -0.05) is 58.4 Å². The molecule has 0 saturated carbocycles. The maximum absolute atomic E-state index is 5.95. The van der Waals surface area contributed by atoms with Crippen LogP contribution in [0.15, 0.2) is 59.1 Å². The van der Waals surface area contributed by atoms with E-state index in [2.05, 4.69) is 51.6 Å². The van der Waals surface area contributed by atoms with E-state index in [1.807, 2.05) is 29.3 Å². The Hall–Kier alpha value is -1.20. The minimum absolute atomic E-state index is 0.121. The van der Waals surface area contributed by atoms with Crippen molar-refractivity contribution in [3.63, 3.8) is 0 Å². The molecule has 0 radical (unpaired) electrons. The van der Waals surface area contributed by atoms with E-state index in [0.29, 0.717) is 6.61 Å². The lowest BCUT2D eigenvalue weighted by molar-refractivity contribution is -0.182. The summed E-state index contributed by atoms with van der Waals surface area (Å²) in [6.07, 6.45) is 0.121. The van der Waals surface area contributed by atoms with E-state index in [4.69, 9.17) is 4.84 Å². The van der Waals surface area contributed by atoms with Crippen LogP contribution < -0.4 is 5.32 Å². The first-order valence-corrected chi connectivity index (χ1v) is 7.54. The third-order valence-corrected chi connectivity index (χ3v) is 3.86. The number of nitrogens with one attached hydrogen (secondary N) is 1. The Kier molecular flexibility index (Phi) is 4.47. The predicted molar refractivity (Wildman–Crippen MR) is 82.8 cm³/mol. The highest BCUT2D eigenvalue weighted by Crippen LogP contribution is 2.25. The van der Waals surface area contributed by atoms with Crippen LogP contribution in [0.5, 0.6) is 0 Å². The van der Waals surface area contributed by atoms with Crippen LogP contribution in [0.2, 0.25) is 0 Å². The molecule has 1 aliphatic heterocycles. The second-order valence-electron chi connectivity index (χ2n) is 4.81. The molecular weight excluding hydrogens is 316 g/mol. The number of hydrogen-bond acceptors (Lipinski definition) is 3. The molecule has 104 valence electrons. The summed E-state index contributed by atoms with van der Waals surface area (Å²) in [6, 6.07) is 18.6.